The molecule has 2 aromatic carbocycles. The van der Waals surface area contributed by atoms with Gasteiger partial charge in [-0.25, -0.2) is 4.98 Å². The van der Waals surface area contributed by atoms with E-state index in [4.69, 9.17) is 14.2 Å². The highest BCUT2D eigenvalue weighted by molar-refractivity contribution is 5.99. The van der Waals surface area contributed by atoms with E-state index in [1.165, 1.54) is 0 Å². The van der Waals surface area contributed by atoms with Crippen molar-refractivity contribution in [2.45, 2.75) is 39.5 Å². The van der Waals surface area contributed by atoms with E-state index in [2.05, 4.69) is 9.97 Å². The zero-order valence-corrected chi connectivity index (χ0v) is 20.8. The number of fused-ring (bicyclic) bond motifs is 1. The molecule has 2 amide bonds. The summed E-state index contributed by atoms with van der Waals surface area (Å²) in [4.78, 5) is 37.4. The van der Waals surface area contributed by atoms with Gasteiger partial charge in [-0.1, -0.05) is 0 Å². The lowest BCUT2D eigenvalue weighted by molar-refractivity contribution is -0.133. The third kappa shape index (κ3) is 5.57. The number of amides is 2. The summed E-state index contributed by atoms with van der Waals surface area (Å²) >= 11 is 0. The van der Waals surface area contributed by atoms with E-state index in [0.717, 1.165) is 22.4 Å². The molecule has 186 valence electrons. The zero-order valence-electron chi connectivity index (χ0n) is 20.8. The number of methoxy groups -OCH3 is 2. The first kappa shape index (κ1) is 24.5. The SMILES string of the molecule is COc1cc(COC2CN(C(=O)c3ccc4nc(C)[nH]c4c3)CC(=O)N(C(C)C)C2)cc(OC)c1. The van der Waals surface area contributed by atoms with E-state index in [-0.39, 0.29) is 30.5 Å². The van der Waals surface area contributed by atoms with Crippen LogP contribution in [0.25, 0.3) is 11.0 Å². The second kappa shape index (κ2) is 10.4. The largest absolute Gasteiger partial charge is 0.497 e. The molecule has 9 nitrogen and oxygen atoms in total. The van der Waals surface area contributed by atoms with Crippen molar-refractivity contribution >= 4 is 22.8 Å². The molecule has 0 aliphatic carbocycles. The molecule has 1 fully saturated rings. The van der Waals surface area contributed by atoms with Gasteiger partial charge in [-0.3, -0.25) is 9.59 Å². The van der Waals surface area contributed by atoms with E-state index in [1.54, 1.807) is 42.2 Å². The van der Waals surface area contributed by atoms with Crippen LogP contribution in [-0.2, 0) is 16.1 Å². The number of hydrogen-bond donors (Lipinski definition) is 1. The molecule has 9 heteroatoms. The van der Waals surface area contributed by atoms with Gasteiger partial charge in [0.05, 0.1) is 38.0 Å². The van der Waals surface area contributed by atoms with Crippen LogP contribution < -0.4 is 9.47 Å². The average molecular weight is 481 g/mol. The molecule has 1 aliphatic heterocycles. The predicted molar refractivity (Wildman–Crippen MR) is 132 cm³/mol. The van der Waals surface area contributed by atoms with Crippen molar-refractivity contribution in [3.8, 4) is 11.5 Å². The Bertz CT molecular complexity index is 1200. The lowest BCUT2D eigenvalue weighted by Crippen LogP contribution is -2.42. The van der Waals surface area contributed by atoms with E-state index in [9.17, 15) is 9.59 Å². The molecule has 4 rings (SSSR count). The summed E-state index contributed by atoms with van der Waals surface area (Å²) in [6.07, 6.45) is -0.358. The minimum Gasteiger partial charge on any atom is -0.497 e. The van der Waals surface area contributed by atoms with Crippen LogP contribution in [0.3, 0.4) is 0 Å². The van der Waals surface area contributed by atoms with Crippen LogP contribution in [-0.4, -0.2) is 77.6 Å². The first-order valence-electron chi connectivity index (χ1n) is 11.7. The van der Waals surface area contributed by atoms with E-state index in [1.807, 2.05) is 39.0 Å². The maximum atomic E-state index is 13.4. The Morgan fingerprint density at radius 3 is 2.49 bits per heavy atom. The number of aromatic nitrogens is 2. The molecule has 1 atom stereocenters. The normalized spacial score (nSPS) is 16.6. The topological polar surface area (TPSA) is 97.0 Å². The molecule has 2 heterocycles. The second-order valence-electron chi connectivity index (χ2n) is 9.03. The van der Waals surface area contributed by atoms with Gasteiger partial charge in [0.15, 0.2) is 0 Å². The Morgan fingerprint density at radius 2 is 1.83 bits per heavy atom. The fraction of sp³-hybridized carbons (Fsp3) is 0.423. The van der Waals surface area contributed by atoms with Crippen molar-refractivity contribution < 1.29 is 23.8 Å². The Hall–Kier alpha value is -3.59. The van der Waals surface area contributed by atoms with Crippen molar-refractivity contribution in [3.05, 3.63) is 53.3 Å². The van der Waals surface area contributed by atoms with Gasteiger partial charge in [-0.15, -0.1) is 0 Å². The number of carbonyl (C=O) groups is 2. The highest BCUT2D eigenvalue weighted by Gasteiger charge is 2.32. The molecule has 1 unspecified atom stereocenters. The maximum Gasteiger partial charge on any atom is 0.254 e. The van der Waals surface area contributed by atoms with Gasteiger partial charge >= 0.3 is 0 Å². The summed E-state index contributed by atoms with van der Waals surface area (Å²) in [7, 11) is 3.20. The third-order valence-corrected chi connectivity index (χ3v) is 6.13. The van der Waals surface area contributed by atoms with Crippen LogP contribution in [0, 0.1) is 6.92 Å². The smallest absolute Gasteiger partial charge is 0.254 e. The highest BCUT2D eigenvalue weighted by Crippen LogP contribution is 2.24. The molecule has 3 aromatic rings. The van der Waals surface area contributed by atoms with Crippen molar-refractivity contribution in [1.29, 1.82) is 0 Å². The first-order valence-corrected chi connectivity index (χ1v) is 11.7. The van der Waals surface area contributed by atoms with E-state index in [0.29, 0.717) is 36.8 Å². The van der Waals surface area contributed by atoms with Crippen LogP contribution in [0.15, 0.2) is 36.4 Å². The van der Waals surface area contributed by atoms with Gasteiger partial charge in [-0.2, -0.15) is 0 Å². The molecule has 0 bridgehead atoms. The Labute approximate surface area is 205 Å². The molecule has 35 heavy (non-hydrogen) atoms. The summed E-state index contributed by atoms with van der Waals surface area (Å²) in [5.41, 5.74) is 2.97. The zero-order chi connectivity index (χ0) is 25.1. The summed E-state index contributed by atoms with van der Waals surface area (Å²) in [6, 6.07) is 10.9. The lowest BCUT2D eigenvalue weighted by atomic mass is 10.1. The van der Waals surface area contributed by atoms with Crippen molar-refractivity contribution in [1.82, 2.24) is 19.8 Å². The fourth-order valence-electron chi connectivity index (χ4n) is 4.32. The molecular weight excluding hydrogens is 448 g/mol. The van der Waals surface area contributed by atoms with Crippen LogP contribution >= 0.6 is 0 Å². The number of ether oxygens (including phenoxy) is 3. The summed E-state index contributed by atoms with van der Waals surface area (Å²) < 4.78 is 17.0. The van der Waals surface area contributed by atoms with Gasteiger partial charge < -0.3 is 29.0 Å². The quantitative estimate of drug-likeness (QED) is 0.558. The third-order valence-electron chi connectivity index (χ3n) is 6.13. The van der Waals surface area contributed by atoms with Crippen LogP contribution in [0.5, 0.6) is 11.5 Å². The van der Waals surface area contributed by atoms with E-state index >= 15 is 0 Å². The number of benzene rings is 2. The van der Waals surface area contributed by atoms with Gasteiger partial charge in [0.1, 0.15) is 23.9 Å². The Balaban J connectivity index is 1.55. The average Bonchev–Trinajstić information content (AvgIpc) is 3.13. The van der Waals surface area contributed by atoms with Gasteiger partial charge in [0.25, 0.3) is 5.91 Å². The van der Waals surface area contributed by atoms with Crippen molar-refractivity contribution in [2.75, 3.05) is 33.9 Å². The number of imidazole rings is 1. The number of rotatable bonds is 7. The molecular formula is C26H32N4O5. The van der Waals surface area contributed by atoms with Gasteiger partial charge in [0.2, 0.25) is 5.91 Å². The summed E-state index contributed by atoms with van der Waals surface area (Å²) in [6.45, 7) is 6.80. The molecule has 0 spiro atoms. The second-order valence-corrected chi connectivity index (χ2v) is 9.03. The molecule has 0 radical (unpaired) electrons. The highest BCUT2D eigenvalue weighted by atomic mass is 16.5. The van der Waals surface area contributed by atoms with Crippen LogP contribution in [0.4, 0.5) is 0 Å². The molecule has 1 aliphatic rings. The number of hydrogen-bond acceptors (Lipinski definition) is 6. The maximum absolute atomic E-state index is 13.4. The number of H-pyrrole nitrogens is 1. The molecule has 1 saturated heterocycles. The van der Waals surface area contributed by atoms with Gasteiger partial charge in [0, 0.05) is 30.8 Å². The minimum atomic E-state index is -0.358. The number of carbonyl (C=O) groups excluding carboxylic acids is 2. The first-order chi connectivity index (χ1) is 16.8. The minimum absolute atomic E-state index is 0.00387. The van der Waals surface area contributed by atoms with E-state index < -0.39 is 0 Å². The monoisotopic (exact) mass is 480 g/mol. The predicted octanol–water partition coefficient (Wildman–Crippen LogP) is 3.17. The van der Waals surface area contributed by atoms with Crippen LogP contribution in [0.2, 0.25) is 0 Å². The molecule has 1 aromatic heterocycles. The number of nitrogens with zero attached hydrogens (tertiary/aromatic N) is 3. The number of aromatic amines is 1. The fourth-order valence-corrected chi connectivity index (χ4v) is 4.32. The van der Waals surface area contributed by atoms with Crippen LogP contribution in [0.1, 0.15) is 35.6 Å². The van der Waals surface area contributed by atoms with Crippen molar-refractivity contribution in [2.24, 2.45) is 0 Å². The lowest BCUT2D eigenvalue weighted by Gasteiger charge is -2.27. The standard InChI is InChI=1S/C26H32N4O5/c1-16(2)30-13-22(35-15-18-8-20(33-4)11-21(9-18)34-5)12-29(14-25(30)31)26(32)19-6-7-23-24(10-19)28-17(3)27-23/h6-11,16,22H,12-15H2,1-5H3,(H,27,28). The Morgan fingerprint density at radius 1 is 1.11 bits per heavy atom. The summed E-state index contributed by atoms with van der Waals surface area (Å²) in [5, 5.41) is 0. The molecule has 1 N–H and O–H groups in total. The number of aryl methyl sites for hydroxylation is 1. The Kier molecular flexibility index (Phi) is 7.25. The summed E-state index contributed by atoms with van der Waals surface area (Å²) in [5.74, 6) is 1.81. The number of nitrogens with one attached hydrogen (secondary N) is 1. The van der Waals surface area contributed by atoms with Crippen molar-refractivity contribution in [3.63, 3.8) is 0 Å². The van der Waals surface area contributed by atoms with Gasteiger partial charge in [-0.05, 0) is 56.7 Å². The molecule has 0 saturated carbocycles.